The molecule has 0 aliphatic heterocycles. The minimum absolute atomic E-state index is 0.186. The molecular weight excluding hydrogens is 343 g/mol. The molecule has 23 heavy (non-hydrogen) atoms. The van der Waals surface area contributed by atoms with Gasteiger partial charge in [0, 0.05) is 0 Å². The lowest BCUT2D eigenvalue weighted by Crippen LogP contribution is -2.04. The average Bonchev–Trinajstić information content (AvgIpc) is 2.53. The largest absolute Gasteiger partial charge is 0.484 e. The Kier molecular flexibility index (Phi) is 6.26. The van der Waals surface area contributed by atoms with Crippen molar-refractivity contribution in [1.29, 1.82) is 0 Å². The molecule has 0 spiro atoms. The van der Waals surface area contributed by atoms with E-state index in [0.29, 0.717) is 23.0 Å². The van der Waals surface area contributed by atoms with Gasteiger partial charge < -0.3 is 14.2 Å². The molecule has 0 amide bonds. The smallest absolute Gasteiger partial charge is 0.259 e. The van der Waals surface area contributed by atoms with Crippen LogP contribution in [0, 0.1) is 0 Å². The molecule has 5 nitrogen and oxygen atoms in total. The molecule has 0 radical (unpaired) electrons. The summed E-state index contributed by atoms with van der Waals surface area (Å²) in [5, 5.41) is -1.13. The molecule has 0 aromatic heterocycles. The zero-order valence-electron chi connectivity index (χ0n) is 11.8. The third-order valence-corrected chi connectivity index (χ3v) is 2.81. The van der Waals surface area contributed by atoms with Crippen LogP contribution in [-0.2, 0) is 9.59 Å². The molecule has 0 heterocycles. The van der Waals surface area contributed by atoms with Gasteiger partial charge in [-0.05, 0) is 71.7 Å². The number of halogens is 2. The fourth-order valence-corrected chi connectivity index (χ4v) is 1.73. The third kappa shape index (κ3) is 6.18. The van der Waals surface area contributed by atoms with Gasteiger partial charge in [0.2, 0.25) is 0 Å². The first-order valence-electron chi connectivity index (χ1n) is 6.53. The fraction of sp³-hybridized carbons (Fsp3) is 0.125. The first-order valence-corrected chi connectivity index (χ1v) is 7.29. The highest BCUT2D eigenvalue weighted by Gasteiger charge is 2.02. The number of rotatable bonds is 8. The van der Waals surface area contributed by atoms with E-state index in [4.69, 9.17) is 37.4 Å². The van der Waals surface area contributed by atoms with Crippen LogP contribution in [0.3, 0.4) is 0 Å². The summed E-state index contributed by atoms with van der Waals surface area (Å²) in [5.74, 6) is 2.22. The molecule has 2 aromatic rings. The monoisotopic (exact) mass is 354 g/mol. The van der Waals surface area contributed by atoms with Crippen LogP contribution < -0.4 is 14.2 Å². The number of hydrogen-bond donors (Lipinski definition) is 0. The summed E-state index contributed by atoms with van der Waals surface area (Å²) in [6.45, 7) is -0.373. The predicted molar refractivity (Wildman–Crippen MR) is 85.7 cm³/mol. The predicted octanol–water partition coefficient (Wildman–Crippen LogP) is 3.77. The number of benzene rings is 2. The summed E-state index contributed by atoms with van der Waals surface area (Å²) in [7, 11) is 0. The van der Waals surface area contributed by atoms with Crippen molar-refractivity contribution in [1.82, 2.24) is 0 Å². The number of carbonyl (C=O) groups is 2. The Labute approximate surface area is 142 Å². The topological polar surface area (TPSA) is 61.8 Å². The van der Waals surface area contributed by atoms with Crippen LogP contribution in [0.25, 0.3) is 0 Å². The van der Waals surface area contributed by atoms with E-state index in [1.807, 2.05) is 0 Å². The summed E-state index contributed by atoms with van der Waals surface area (Å²) in [5.41, 5.74) is 0. The van der Waals surface area contributed by atoms with Gasteiger partial charge in [0.25, 0.3) is 10.5 Å². The zero-order chi connectivity index (χ0) is 16.7. The molecule has 0 aliphatic carbocycles. The van der Waals surface area contributed by atoms with Gasteiger partial charge in [0.05, 0.1) is 0 Å². The highest BCUT2D eigenvalue weighted by atomic mass is 35.5. The molecular formula is C16H12Cl2O5. The lowest BCUT2D eigenvalue weighted by molar-refractivity contribution is -0.114. The Bertz CT molecular complexity index is 608. The SMILES string of the molecule is O=C(Cl)COc1ccc(Oc2ccc(OCC(=O)Cl)cc2)cc1. The van der Waals surface area contributed by atoms with Crippen molar-refractivity contribution in [2.75, 3.05) is 13.2 Å². The van der Waals surface area contributed by atoms with Crippen LogP contribution >= 0.6 is 23.2 Å². The van der Waals surface area contributed by atoms with Gasteiger partial charge >= 0.3 is 0 Å². The summed E-state index contributed by atoms with van der Waals surface area (Å²) in [6, 6.07) is 13.5. The lowest BCUT2D eigenvalue weighted by atomic mass is 10.3. The van der Waals surface area contributed by atoms with E-state index in [-0.39, 0.29) is 13.2 Å². The maximum atomic E-state index is 10.6. The maximum absolute atomic E-state index is 10.6. The second kappa shape index (κ2) is 8.41. The molecule has 7 heteroatoms. The van der Waals surface area contributed by atoms with Gasteiger partial charge in [0.1, 0.15) is 23.0 Å². The number of hydrogen-bond acceptors (Lipinski definition) is 5. The minimum Gasteiger partial charge on any atom is -0.484 e. The first-order chi connectivity index (χ1) is 11.0. The highest BCUT2D eigenvalue weighted by Crippen LogP contribution is 2.25. The molecule has 0 N–H and O–H groups in total. The van der Waals surface area contributed by atoms with Gasteiger partial charge in [-0.1, -0.05) is 0 Å². The van der Waals surface area contributed by atoms with Crippen LogP contribution in [-0.4, -0.2) is 23.7 Å². The lowest BCUT2D eigenvalue weighted by Gasteiger charge is -2.08. The standard InChI is InChI=1S/C16H12Cl2O5/c17-15(19)9-21-11-1-5-13(6-2-11)23-14-7-3-12(4-8-14)22-10-16(18)20/h1-8H,9-10H2. The molecule has 0 unspecified atom stereocenters. The van der Waals surface area contributed by atoms with E-state index in [1.54, 1.807) is 48.5 Å². The Morgan fingerprint density at radius 2 is 0.957 bits per heavy atom. The molecule has 0 saturated heterocycles. The van der Waals surface area contributed by atoms with Crippen LogP contribution in [0.2, 0.25) is 0 Å². The Morgan fingerprint density at radius 1 is 0.652 bits per heavy atom. The average molecular weight is 355 g/mol. The van der Waals surface area contributed by atoms with Crippen molar-refractivity contribution in [3.05, 3.63) is 48.5 Å². The molecule has 0 fully saturated rings. The van der Waals surface area contributed by atoms with E-state index >= 15 is 0 Å². The van der Waals surface area contributed by atoms with Crippen molar-refractivity contribution in [2.24, 2.45) is 0 Å². The van der Waals surface area contributed by atoms with Gasteiger partial charge in [-0.15, -0.1) is 0 Å². The first kappa shape index (κ1) is 17.1. The summed E-state index contributed by atoms with van der Waals surface area (Å²) < 4.78 is 15.9. The summed E-state index contributed by atoms with van der Waals surface area (Å²) in [6.07, 6.45) is 0. The van der Waals surface area contributed by atoms with Crippen molar-refractivity contribution >= 4 is 33.7 Å². The van der Waals surface area contributed by atoms with Gasteiger partial charge in [-0.3, -0.25) is 9.59 Å². The van der Waals surface area contributed by atoms with E-state index in [9.17, 15) is 9.59 Å². The fourth-order valence-electron chi connectivity index (χ4n) is 1.62. The molecule has 0 saturated carbocycles. The van der Waals surface area contributed by atoms with Gasteiger partial charge in [-0.25, -0.2) is 0 Å². The maximum Gasteiger partial charge on any atom is 0.259 e. The number of carbonyl (C=O) groups excluding carboxylic acids is 2. The number of ether oxygens (including phenoxy) is 3. The van der Waals surface area contributed by atoms with Crippen molar-refractivity contribution in [3.63, 3.8) is 0 Å². The third-order valence-electron chi connectivity index (χ3n) is 2.59. The molecule has 2 rings (SSSR count). The van der Waals surface area contributed by atoms with Crippen molar-refractivity contribution < 1.29 is 23.8 Å². The van der Waals surface area contributed by atoms with E-state index in [1.165, 1.54) is 0 Å². The van der Waals surface area contributed by atoms with E-state index in [0.717, 1.165) is 0 Å². The zero-order valence-corrected chi connectivity index (χ0v) is 13.3. The van der Waals surface area contributed by atoms with Crippen molar-refractivity contribution in [3.8, 4) is 23.0 Å². The second-order valence-corrected chi connectivity index (χ2v) is 5.18. The Hall–Kier alpha value is -2.24. The Morgan fingerprint density at radius 3 is 1.26 bits per heavy atom. The normalized spacial score (nSPS) is 10.0. The van der Waals surface area contributed by atoms with Gasteiger partial charge in [0.15, 0.2) is 13.2 Å². The Balaban J connectivity index is 1.91. The molecule has 120 valence electrons. The van der Waals surface area contributed by atoms with Crippen molar-refractivity contribution in [2.45, 2.75) is 0 Å². The van der Waals surface area contributed by atoms with Crippen LogP contribution in [0.5, 0.6) is 23.0 Å². The van der Waals surface area contributed by atoms with Crippen LogP contribution in [0.15, 0.2) is 48.5 Å². The second-order valence-electron chi connectivity index (χ2n) is 4.33. The summed E-state index contributed by atoms with van der Waals surface area (Å²) in [4.78, 5) is 21.2. The molecule has 2 aromatic carbocycles. The molecule has 0 aliphatic rings. The van der Waals surface area contributed by atoms with Crippen LogP contribution in [0.1, 0.15) is 0 Å². The summed E-state index contributed by atoms with van der Waals surface area (Å²) >= 11 is 10.4. The van der Waals surface area contributed by atoms with Crippen LogP contribution in [0.4, 0.5) is 0 Å². The van der Waals surface area contributed by atoms with E-state index in [2.05, 4.69) is 0 Å². The quantitative estimate of drug-likeness (QED) is 0.675. The molecule has 0 atom stereocenters. The molecule has 0 bridgehead atoms. The van der Waals surface area contributed by atoms with Gasteiger partial charge in [-0.2, -0.15) is 0 Å². The van der Waals surface area contributed by atoms with E-state index < -0.39 is 10.5 Å². The highest BCUT2D eigenvalue weighted by molar-refractivity contribution is 6.64. The minimum atomic E-state index is -0.566.